The number of alkyl halides is 5. The van der Waals surface area contributed by atoms with Crippen LogP contribution in [-0.4, -0.2) is 11.3 Å². The van der Waals surface area contributed by atoms with Crippen molar-refractivity contribution in [2.24, 2.45) is 0 Å². The number of nitrogens with zero attached hydrogens (tertiary/aromatic N) is 1. The molecule has 0 fully saturated rings. The van der Waals surface area contributed by atoms with Gasteiger partial charge in [-0.1, -0.05) is 11.6 Å². The Labute approximate surface area is 91.0 Å². The molecule has 1 rings (SSSR count). The van der Waals surface area contributed by atoms with E-state index in [-0.39, 0.29) is 0 Å². The Morgan fingerprint density at radius 3 is 2.38 bits per heavy atom. The number of hydrogen-bond acceptors (Lipinski definition) is 3. The number of pyridine rings is 1. The first-order valence-electron chi connectivity index (χ1n) is 3.70. The quantitative estimate of drug-likeness (QED) is 0.658. The van der Waals surface area contributed by atoms with Gasteiger partial charge in [0.2, 0.25) is 0 Å². The lowest BCUT2D eigenvalue weighted by Gasteiger charge is -2.12. The summed E-state index contributed by atoms with van der Waals surface area (Å²) in [4.78, 5) is 3.12. The van der Waals surface area contributed by atoms with E-state index in [0.717, 1.165) is 0 Å². The van der Waals surface area contributed by atoms with Gasteiger partial charge in [0.05, 0.1) is 5.56 Å². The van der Waals surface area contributed by atoms with E-state index in [4.69, 9.17) is 17.3 Å². The van der Waals surface area contributed by atoms with E-state index in [1.54, 1.807) is 0 Å². The van der Waals surface area contributed by atoms with Crippen molar-refractivity contribution in [3.05, 3.63) is 16.8 Å². The van der Waals surface area contributed by atoms with Crippen LogP contribution in [0.4, 0.5) is 27.8 Å². The molecule has 3 nitrogen and oxygen atoms in total. The monoisotopic (exact) mass is 262 g/mol. The fraction of sp³-hybridized carbons (Fsp3) is 0.286. The molecular weight excluding hydrogens is 259 g/mol. The zero-order valence-corrected chi connectivity index (χ0v) is 8.11. The van der Waals surface area contributed by atoms with E-state index in [2.05, 4.69) is 9.72 Å². The van der Waals surface area contributed by atoms with Gasteiger partial charge < -0.3 is 10.5 Å². The van der Waals surface area contributed by atoms with Crippen molar-refractivity contribution in [2.75, 3.05) is 5.73 Å². The van der Waals surface area contributed by atoms with Crippen molar-refractivity contribution in [1.82, 2.24) is 4.98 Å². The van der Waals surface area contributed by atoms with Crippen LogP contribution in [0.2, 0.25) is 5.15 Å². The summed E-state index contributed by atoms with van der Waals surface area (Å²) in [6, 6.07) is 0.406. The summed E-state index contributed by atoms with van der Waals surface area (Å²) in [7, 11) is 0. The van der Waals surface area contributed by atoms with Crippen molar-refractivity contribution in [3.63, 3.8) is 0 Å². The molecule has 0 saturated carbocycles. The summed E-state index contributed by atoms with van der Waals surface area (Å²) in [5.74, 6) is -1.66. The Kier molecular flexibility index (Phi) is 3.41. The molecule has 0 aliphatic rings. The van der Waals surface area contributed by atoms with Crippen molar-refractivity contribution in [3.8, 4) is 5.75 Å². The SMILES string of the molecule is Nc1nc(Cl)c(OC(F)(F)F)cc1C(F)F. The van der Waals surface area contributed by atoms with E-state index in [1.807, 2.05) is 0 Å². The van der Waals surface area contributed by atoms with Gasteiger partial charge in [-0.05, 0) is 6.07 Å². The lowest BCUT2D eigenvalue weighted by atomic mass is 10.2. The molecule has 0 aromatic carbocycles. The number of nitrogens with two attached hydrogens (primary N) is 1. The number of nitrogen functional groups attached to an aromatic ring is 1. The van der Waals surface area contributed by atoms with Gasteiger partial charge in [0.15, 0.2) is 10.9 Å². The lowest BCUT2D eigenvalue weighted by molar-refractivity contribution is -0.274. The highest BCUT2D eigenvalue weighted by atomic mass is 35.5. The third-order valence-electron chi connectivity index (χ3n) is 1.47. The maximum absolute atomic E-state index is 12.3. The highest BCUT2D eigenvalue weighted by molar-refractivity contribution is 6.31. The van der Waals surface area contributed by atoms with Gasteiger partial charge in [-0.25, -0.2) is 13.8 Å². The minimum Gasteiger partial charge on any atom is -0.402 e. The van der Waals surface area contributed by atoms with Crippen molar-refractivity contribution in [2.45, 2.75) is 12.8 Å². The van der Waals surface area contributed by atoms with E-state index < -0.39 is 35.1 Å². The average molecular weight is 263 g/mol. The minimum absolute atomic E-state index is 0.406. The first-order chi connectivity index (χ1) is 7.20. The molecule has 9 heteroatoms. The molecule has 0 aliphatic carbocycles. The molecule has 90 valence electrons. The summed E-state index contributed by atoms with van der Waals surface area (Å²) in [5.41, 5.74) is 4.17. The van der Waals surface area contributed by atoms with Crippen molar-refractivity contribution in [1.29, 1.82) is 0 Å². The number of anilines is 1. The van der Waals surface area contributed by atoms with E-state index in [1.165, 1.54) is 0 Å². The zero-order valence-electron chi connectivity index (χ0n) is 7.36. The van der Waals surface area contributed by atoms with E-state index in [0.29, 0.717) is 6.07 Å². The highest BCUT2D eigenvalue weighted by Crippen LogP contribution is 2.34. The summed E-state index contributed by atoms with van der Waals surface area (Å²) < 4.78 is 63.4. The predicted octanol–water partition coefficient (Wildman–Crippen LogP) is 3.15. The first-order valence-corrected chi connectivity index (χ1v) is 4.08. The summed E-state index contributed by atoms with van der Waals surface area (Å²) in [6.45, 7) is 0. The molecular formula is C7H4ClF5N2O. The molecule has 2 N–H and O–H groups in total. The van der Waals surface area contributed by atoms with Gasteiger partial charge in [-0.15, -0.1) is 13.2 Å². The van der Waals surface area contributed by atoms with Crippen LogP contribution in [0.1, 0.15) is 12.0 Å². The number of ether oxygens (including phenoxy) is 1. The van der Waals surface area contributed by atoms with Gasteiger partial charge in [0.25, 0.3) is 6.43 Å². The molecule has 1 heterocycles. The van der Waals surface area contributed by atoms with Gasteiger partial charge in [0.1, 0.15) is 5.82 Å². The second-order valence-corrected chi connectivity index (χ2v) is 2.96. The standard InChI is InChI=1S/C7H4ClF5N2O/c8-4-3(16-7(11,12)13)1-2(5(9)10)6(14)15-4/h1,5H,(H2,14,15). The van der Waals surface area contributed by atoms with Gasteiger partial charge in [0, 0.05) is 0 Å². The summed E-state index contributed by atoms with van der Waals surface area (Å²) >= 11 is 5.25. The molecule has 0 saturated heterocycles. The van der Waals surface area contributed by atoms with Crippen LogP contribution in [0.3, 0.4) is 0 Å². The Hall–Kier alpha value is -1.31. The largest absolute Gasteiger partial charge is 0.573 e. The van der Waals surface area contributed by atoms with E-state index in [9.17, 15) is 22.0 Å². The second-order valence-electron chi connectivity index (χ2n) is 2.60. The highest BCUT2D eigenvalue weighted by Gasteiger charge is 2.33. The lowest BCUT2D eigenvalue weighted by Crippen LogP contribution is -2.18. The fourth-order valence-electron chi connectivity index (χ4n) is 0.871. The average Bonchev–Trinajstić information content (AvgIpc) is 2.07. The van der Waals surface area contributed by atoms with Crippen LogP contribution in [0.25, 0.3) is 0 Å². The number of rotatable bonds is 2. The zero-order chi connectivity index (χ0) is 12.5. The number of halogens is 6. The normalized spacial score (nSPS) is 11.9. The molecule has 0 bridgehead atoms. The molecule has 0 unspecified atom stereocenters. The third kappa shape index (κ3) is 3.09. The summed E-state index contributed by atoms with van der Waals surface area (Å²) in [5, 5.41) is -0.737. The second kappa shape index (κ2) is 4.28. The molecule has 0 atom stereocenters. The van der Waals surface area contributed by atoms with Gasteiger partial charge >= 0.3 is 6.36 Å². The topological polar surface area (TPSA) is 48.1 Å². The van der Waals surface area contributed by atoms with Crippen LogP contribution in [-0.2, 0) is 0 Å². The summed E-state index contributed by atoms with van der Waals surface area (Å²) in [6.07, 6.45) is -8.11. The molecule has 0 aliphatic heterocycles. The predicted molar refractivity (Wildman–Crippen MR) is 45.3 cm³/mol. The molecule has 1 aromatic rings. The Morgan fingerprint density at radius 2 is 1.94 bits per heavy atom. The van der Waals surface area contributed by atoms with Crippen LogP contribution in [0, 0.1) is 0 Å². The van der Waals surface area contributed by atoms with Crippen LogP contribution >= 0.6 is 11.6 Å². The fourth-order valence-corrected chi connectivity index (χ4v) is 1.06. The molecule has 0 amide bonds. The van der Waals surface area contributed by atoms with Gasteiger partial charge in [-0.3, -0.25) is 0 Å². The maximum Gasteiger partial charge on any atom is 0.573 e. The van der Waals surface area contributed by atoms with E-state index >= 15 is 0 Å². The Morgan fingerprint density at radius 1 is 1.38 bits per heavy atom. The van der Waals surface area contributed by atoms with Crippen LogP contribution in [0.5, 0.6) is 5.75 Å². The Balaban J connectivity index is 3.15. The number of aromatic nitrogens is 1. The Bertz CT molecular complexity index is 395. The molecule has 0 spiro atoms. The number of hydrogen-bond donors (Lipinski definition) is 1. The van der Waals surface area contributed by atoms with Crippen LogP contribution in [0.15, 0.2) is 6.07 Å². The molecule has 1 aromatic heterocycles. The smallest absolute Gasteiger partial charge is 0.402 e. The van der Waals surface area contributed by atoms with Crippen molar-refractivity contribution < 1.29 is 26.7 Å². The first kappa shape index (κ1) is 12.8. The van der Waals surface area contributed by atoms with Crippen molar-refractivity contribution >= 4 is 17.4 Å². The van der Waals surface area contributed by atoms with Gasteiger partial charge in [-0.2, -0.15) is 0 Å². The molecule has 16 heavy (non-hydrogen) atoms. The molecule has 0 radical (unpaired) electrons. The minimum atomic E-state index is -5.04. The van der Waals surface area contributed by atoms with Crippen LogP contribution < -0.4 is 10.5 Å². The maximum atomic E-state index is 12.3. The third-order valence-corrected chi connectivity index (χ3v) is 1.74.